The van der Waals surface area contributed by atoms with Gasteiger partial charge in [-0.15, -0.1) is 0 Å². The van der Waals surface area contributed by atoms with Crippen molar-refractivity contribution in [2.24, 2.45) is 0 Å². The number of nitrogens with zero attached hydrogens (tertiary/aromatic N) is 4. The van der Waals surface area contributed by atoms with Crippen LogP contribution in [0.1, 0.15) is 11.7 Å². The number of ether oxygens (including phenoxy) is 1. The van der Waals surface area contributed by atoms with Crippen molar-refractivity contribution < 1.29 is 4.74 Å². The van der Waals surface area contributed by atoms with Crippen molar-refractivity contribution in [2.75, 3.05) is 13.2 Å². The van der Waals surface area contributed by atoms with Crippen molar-refractivity contribution in [1.82, 2.24) is 19.7 Å². The summed E-state index contributed by atoms with van der Waals surface area (Å²) in [5.41, 5.74) is 1.65. The maximum Gasteiger partial charge on any atom is 0.224 e. The van der Waals surface area contributed by atoms with Gasteiger partial charge in [0.05, 0.1) is 30.5 Å². The Morgan fingerprint density at radius 1 is 1.47 bits per heavy atom. The molecule has 2 aromatic heterocycles. The van der Waals surface area contributed by atoms with Crippen molar-refractivity contribution in [3.63, 3.8) is 0 Å². The van der Waals surface area contributed by atoms with E-state index in [2.05, 4.69) is 15.1 Å². The number of aryl methyl sites for hydroxylation is 1. The summed E-state index contributed by atoms with van der Waals surface area (Å²) < 4.78 is 6.99. The Morgan fingerprint density at radius 3 is 2.93 bits per heavy atom. The molecule has 3 rings (SSSR count). The second-order valence-electron chi connectivity index (χ2n) is 3.60. The average molecular weight is 225 g/mol. The van der Waals surface area contributed by atoms with Gasteiger partial charge in [-0.3, -0.25) is 0 Å². The van der Waals surface area contributed by atoms with Crippen LogP contribution in [0, 0.1) is 6.92 Å². The number of halogens is 1. The predicted octanol–water partition coefficient (Wildman–Crippen LogP) is 1.36. The van der Waals surface area contributed by atoms with Crippen LogP contribution < -0.4 is 0 Å². The first-order valence-corrected chi connectivity index (χ1v) is 5.08. The fourth-order valence-corrected chi connectivity index (χ4v) is 1.87. The molecule has 0 N–H and O–H groups in total. The third-order valence-electron chi connectivity index (χ3n) is 2.58. The molecule has 6 heteroatoms. The molecule has 0 bridgehead atoms. The maximum absolute atomic E-state index is 5.82. The number of fused-ring (bicyclic) bond motifs is 1. The van der Waals surface area contributed by atoms with E-state index in [0.717, 1.165) is 16.7 Å². The smallest absolute Gasteiger partial charge is 0.224 e. The summed E-state index contributed by atoms with van der Waals surface area (Å²) in [7, 11) is 0. The summed E-state index contributed by atoms with van der Waals surface area (Å²) >= 11 is 5.82. The third-order valence-corrected chi connectivity index (χ3v) is 2.75. The van der Waals surface area contributed by atoms with Crippen molar-refractivity contribution in [2.45, 2.75) is 13.0 Å². The first kappa shape index (κ1) is 9.06. The molecule has 0 aliphatic carbocycles. The Balaban J connectivity index is 2.23. The van der Waals surface area contributed by atoms with Crippen molar-refractivity contribution in [1.29, 1.82) is 0 Å². The van der Waals surface area contributed by atoms with E-state index < -0.39 is 0 Å². The summed E-state index contributed by atoms with van der Waals surface area (Å²) in [6.45, 7) is 3.29. The minimum absolute atomic E-state index is 0.266. The first-order chi connectivity index (χ1) is 7.25. The Morgan fingerprint density at radius 2 is 2.27 bits per heavy atom. The van der Waals surface area contributed by atoms with Crippen LogP contribution >= 0.6 is 11.6 Å². The highest BCUT2D eigenvalue weighted by molar-refractivity contribution is 6.28. The number of aromatic nitrogens is 4. The molecule has 1 saturated heterocycles. The quantitative estimate of drug-likeness (QED) is 0.687. The minimum atomic E-state index is 0.266. The van der Waals surface area contributed by atoms with Crippen LogP contribution in [0.15, 0.2) is 6.20 Å². The van der Waals surface area contributed by atoms with Crippen LogP contribution in [-0.4, -0.2) is 33.0 Å². The van der Waals surface area contributed by atoms with E-state index in [1.165, 1.54) is 0 Å². The molecule has 0 atom stereocenters. The summed E-state index contributed by atoms with van der Waals surface area (Å²) in [6, 6.07) is 0.285. The molecule has 3 heterocycles. The molecule has 0 radical (unpaired) electrons. The molecule has 0 amide bonds. The fourth-order valence-electron chi connectivity index (χ4n) is 1.67. The summed E-state index contributed by atoms with van der Waals surface area (Å²) in [6.07, 6.45) is 1.78. The van der Waals surface area contributed by atoms with E-state index in [9.17, 15) is 0 Å². The topological polar surface area (TPSA) is 52.8 Å². The Hall–Kier alpha value is -1.20. The number of hydrogen-bond acceptors (Lipinski definition) is 4. The molecule has 0 aromatic carbocycles. The summed E-state index contributed by atoms with van der Waals surface area (Å²) in [5.74, 6) is 0. The highest BCUT2D eigenvalue weighted by Crippen LogP contribution is 2.23. The van der Waals surface area contributed by atoms with Crippen LogP contribution in [0.25, 0.3) is 11.0 Å². The Labute approximate surface area is 91.0 Å². The summed E-state index contributed by atoms with van der Waals surface area (Å²) in [4.78, 5) is 8.29. The second-order valence-corrected chi connectivity index (χ2v) is 3.93. The predicted molar refractivity (Wildman–Crippen MR) is 54.9 cm³/mol. The Kier molecular flexibility index (Phi) is 1.90. The van der Waals surface area contributed by atoms with Crippen LogP contribution in [0.3, 0.4) is 0 Å². The largest absolute Gasteiger partial charge is 0.377 e. The third kappa shape index (κ3) is 1.31. The normalized spacial score (nSPS) is 16.9. The molecule has 78 valence electrons. The lowest BCUT2D eigenvalue weighted by molar-refractivity contribution is -0.0269. The second kappa shape index (κ2) is 3.15. The SMILES string of the molecule is Cc1nc(Cl)nc2c1cnn2C1COC1. The molecule has 0 unspecified atom stereocenters. The van der Waals surface area contributed by atoms with Gasteiger partial charge in [0.1, 0.15) is 6.04 Å². The number of rotatable bonds is 1. The van der Waals surface area contributed by atoms with E-state index in [4.69, 9.17) is 16.3 Å². The summed E-state index contributed by atoms with van der Waals surface area (Å²) in [5, 5.41) is 5.51. The monoisotopic (exact) mass is 224 g/mol. The van der Waals surface area contributed by atoms with Gasteiger partial charge in [-0.2, -0.15) is 10.1 Å². The van der Waals surface area contributed by atoms with E-state index in [1.54, 1.807) is 6.20 Å². The molecule has 5 nitrogen and oxygen atoms in total. The molecular formula is C9H9ClN4O. The van der Waals surface area contributed by atoms with Crippen LogP contribution in [0.5, 0.6) is 0 Å². The lowest BCUT2D eigenvalue weighted by atomic mass is 10.2. The van der Waals surface area contributed by atoms with Crippen molar-refractivity contribution in [3.8, 4) is 0 Å². The molecule has 0 saturated carbocycles. The molecule has 1 aliphatic heterocycles. The Bertz CT molecular complexity index is 520. The molecule has 1 aliphatic rings. The van der Waals surface area contributed by atoms with Gasteiger partial charge in [0.25, 0.3) is 0 Å². The molecule has 1 fully saturated rings. The zero-order chi connectivity index (χ0) is 10.4. The van der Waals surface area contributed by atoms with Gasteiger partial charge in [-0.25, -0.2) is 9.67 Å². The van der Waals surface area contributed by atoms with E-state index >= 15 is 0 Å². The molecule has 0 spiro atoms. The van der Waals surface area contributed by atoms with Crippen molar-refractivity contribution in [3.05, 3.63) is 17.2 Å². The molecule has 2 aromatic rings. The van der Waals surface area contributed by atoms with Gasteiger partial charge in [-0.1, -0.05) is 0 Å². The van der Waals surface area contributed by atoms with Gasteiger partial charge in [0.2, 0.25) is 5.28 Å². The van der Waals surface area contributed by atoms with Crippen LogP contribution in [-0.2, 0) is 4.74 Å². The van der Waals surface area contributed by atoms with Crippen LogP contribution in [0.4, 0.5) is 0 Å². The highest BCUT2D eigenvalue weighted by Gasteiger charge is 2.24. The van der Waals surface area contributed by atoms with Gasteiger partial charge >= 0.3 is 0 Å². The fraction of sp³-hybridized carbons (Fsp3) is 0.444. The van der Waals surface area contributed by atoms with Gasteiger partial charge in [-0.05, 0) is 18.5 Å². The molecule has 15 heavy (non-hydrogen) atoms. The van der Waals surface area contributed by atoms with E-state index in [-0.39, 0.29) is 11.3 Å². The first-order valence-electron chi connectivity index (χ1n) is 4.71. The number of hydrogen-bond donors (Lipinski definition) is 0. The van der Waals surface area contributed by atoms with Crippen LogP contribution in [0.2, 0.25) is 5.28 Å². The lowest BCUT2D eigenvalue weighted by Gasteiger charge is -2.26. The highest BCUT2D eigenvalue weighted by atomic mass is 35.5. The standard InChI is InChI=1S/C9H9ClN4O/c1-5-7-2-11-14(6-3-15-4-6)8(7)13-9(10)12-5/h2,6H,3-4H2,1H3. The lowest BCUT2D eigenvalue weighted by Crippen LogP contribution is -2.31. The minimum Gasteiger partial charge on any atom is -0.377 e. The van der Waals surface area contributed by atoms with Gasteiger partial charge in [0.15, 0.2) is 5.65 Å². The zero-order valence-corrected chi connectivity index (χ0v) is 8.90. The molecular weight excluding hydrogens is 216 g/mol. The van der Waals surface area contributed by atoms with Gasteiger partial charge in [0, 0.05) is 0 Å². The maximum atomic E-state index is 5.82. The zero-order valence-electron chi connectivity index (χ0n) is 8.14. The average Bonchev–Trinajstić information content (AvgIpc) is 2.46. The van der Waals surface area contributed by atoms with Gasteiger partial charge < -0.3 is 4.74 Å². The van der Waals surface area contributed by atoms with E-state index in [1.807, 2.05) is 11.6 Å². The van der Waals surface area contributed by atoms with Crippen molar-refractivity contribution >= 4 is 22.6 Å². The van der Waals surface area contributed by atoms with E-state index in [0.29, 0.717) is 13.2 Å².